The lowest BCUT2D eigenvalue weighted by Gasteiger charge is -2.55. The number of allylic oxidation sites excluding steroid dienone is 6. The van der Waals surface area contributed by atoms with Crippen LogP contribution in [0.3, 0.4) is 0 Å². The van der Waals surface area contributed by atoms with Crippen LogP contribution in [0.5, 0.6) is 0 Å². The molecule has 0 N–H and O–H groups in total. The van der Waals surface area contributed by atoms with Gasteiger partial charge in [-0.3, -0.25) is 9.59 Å². The Hall–Kier alpha value is -2.04. The Bertz CT molecular complexity index is 791. The van der Waals surface area contributed by atoms with Crippen molar-refractivity contribution in [1.82, 2.24) is 0 Å². The van der Waals surface area contributed by atoms with Gasteiger partial charge in [0.2, 0.25) is 0 Å². The van der Waals surface area contributed by atoms with E-state index >= 15 is 0 Å². The number of cyclic esters (lactones) is 1. The van der Waals surface area contributed by atoms with Crippen molar-refractivity contribution in [3.05, 3.63) is 47.6 Å². The van der Waals surface area contributed by atoms with E-state index in [1.54, 1.807) is 0 Å². The molecule has 3 nitrogen and oxygen atoms in total. The van der Waals surface area contributed by atoms with Crippen LogP contribution in [0.1, 0.15) is 26.7 Å². The van der Waals surface area contributed by atoms with E-state index in [2.05, 4.69) is 0 Å². The highest BCUT2D eigenvalue weighted by Gasteiger charge is 2.62. The smallest absolute Gasteiger partial charge is 0.312 e. The van der Waals surface area contributed by atoms with E-state index in [0.29, 0.717) is 31.1 Å². The fraction of sp³-hybridized carbons (Fsp3) is 0.500. The lowest BCUT2D eigenvalue weighted by Crippen LogP contribution is -2.51. The second kappa shape index (κ2) is 5.23. The average Bonchev–Trinajstić information content (AvgIpc) is 2.90. The van der Waals surface area contributed by atoms with Crippen LogP contribution in [0.4, 0.5) is 8.78 Å². The molecular weight excluding hydrogens is 326 g/mol. The molecule has 0 aromatic carbocycles. The van der Waals surface area contributed by atoms with E-state index in [1.165, 1.54) is 12.2 Å². The maximum absolute atomic E-state index is 13.9. The van der Waals surface area contributed by atoms with E-state index in [1.807, 2.05) is 19.9 Å². The van der Waals surface area contributed by atoms with Crippen molar-refractivity contribution in [3.63, 3.8) is 0 Å². The molecule has 0 aromatic heterocycles. The van der Waals surface area contributed by atoms with Gasteiger partial charge >= 0.3 is 5.97 Å². The van der Waals surface area contributed by atoms with Crippen LogP contribution in [0.25, 0.3) is 0 Å². The molecule has 0 aromatic rings. The van der Waals surface area contributed by atoms with Crippen LogP contribution in [0.15, 0.2) is 47.6 Å². The zero-order chi connectivity index (χ0) is 18.0. The molecule has 5 atom stereocenters. The number of hydrogen-bond acceptors (Lipinski definition) is 3. The minimum Gasteiger partial charge on any atom is -0.465 e. The molecule has 4 rings (SSSR count). The predicted octanol–water partition coefficient (Wildman–Crippen LogP) is 3.98. The van der Waals surface area contributed by atoms with Crippen molar-refractivity contribution in [2.24, 2.45) is 28.6 Å². The van der Waals surface area contributed by atoms with Crippen LogP contribution in [0.2, 0.25) is 0 Å². The molecular formula is C20H20F2O3. The zero-order valence-corrected chi connectivity index (χ0v) is 14.2. The summed E-state index contributed by atoms with van der Waals surface area (Å²) < 4.78 is 33.0. The van der Waals surface area contributed by atoms with Crippen molar-refractivity contribution >= 4 is 11.8 Å². The van der Waals surface area contributed by atoms with Crippen LogP contribution in [-0.2, 0) is 14.3 Å². The summed E-state index contributed by atoms with van der Waals surface area (Å²) in [7, 11) is 0. The number of ketones is 1. The predicted molar refractivity (Wildman–Crippen MR) is 87.5 cm³/mol. The van der Waals surface area contributed by atoms with Gasteiger partial charge in [0, 0.05) is 16.9 Å². The van der Waals surface area contributed by atoms with Gasteiger partial charge in [-0.2, -0.15) is 0 Å². The Labute approximate surface area is 145 Å². The number of fused-ring (bicyclic) bond motifs is 5. The first kappa shape index (κ1) is 16.4. The third kappa shape index (κ3) is 1.95. The van der Waals surface area contributed by atoms with Crippen LogP contribution in [0, 0.1) is 28.6 Å². The minimum absolute atomic E-state index is 0.0126. The van der Waals surface area contributed by atoms with Crippen molar-refractivity contribution < 1.29 is 23.1 Å². The number of carbonyl (C=O) groups excluding carboxylic acids is 2. The highest BCUT2D eigenvalue weighted by atomic mass is 19.1. The molecule has 5 heteroatoms. The molecule has 1 heterocycles. The normalized spacial score (nSPS) is 45.8. The van der Waals surface area contributed by atoms with E-state index in [9.17, 15) is 18.4 Å². The fourth-order valence-corrected chi connectivity index (χ4v) is 5.45. The highest BCUT2D eigenvalue weighted by molar-refractivity contribution is 6.02. The van der Waals surface area contributed by atoms with Gasteiger partial charge in [0.05, 0.1) is 24.7 Å². The second-order valence-corrected chi connectivity index (χ2v) is 7.96. The topological polar surface area (TPSA) is 43.4 Å². The van der Waals surface area contributed by atoms with Crippen molar-refractivity contribution in [3.8, 4) is 0 Å². The Morgan fingerprint density at radius 3 is 2.64 bits per heavy atom. The maximum atomic E-state index is 13.9. The second-order valence-electron chi connectivity index (χ2n) is 7.96. The summed E-state index contributed by atoms with van der Waals surface area (Å²) in [6.07, 6.45) is 6.91. The van der Waals surface area contributed by atoms with E-state index < -0.39 is 10.8 Å². The van der Waals surface area contributed by atoms with Gasteiger partial charge in [0.25, 0.3) is 0 Å². The number of carbonyl (C=O) groups is 2. The largest absolute Gasteiger partial charge is 0.465 e. The van der Waals surface area contributed by atoms with Gasteiger partial charge in [0.1, 0.15) is 0 Å². The van der Waals surface area contributed by atoms with E-state index in [0.717, 1.165) is 0 Å². The SMILES string of the molecule is C[C@]12C=CC(=O)C=C1C(=CF)C(=CF)[C@@H]1[C@@H]2CC[C@]2(C)C(=O)OC[C@@H]12. The first-order valence-electron chi connectivity index (χ1n) is 8.61. The molecule has 2 saturated carbocycles. The molecule has 0 bridgehead atoms. The van der Waals surface area contributed by atoms with Gasteiger partial charge in [0.15, 0.2) is 5.78 Å². The van der Waals surface area contributed by atoms with Gasteiger partial charge < -0.3 is 4.74 Å². The lowest BCUT2D eigenvalue weighted by atomic mass is 9.46. The molecule has 0 radical (unpaired) electrons. The Kier molecular flexibility index (Phi) is 3.44. The summed E-state index contributed by atoms with van der Waals surface area (Å²) in [5, 5.41) is 0. The van der Waals surface area contributed by atoms with Crippen LogP contribution >= 0.6 is 0 Å². The number of ether oxygens (including phenoxy) is 1. The summed E-state index contributed by atoms with van der Waals surface area (Å²) in [5.74, 6) is -0.997. The molecule has 0 unspecified atom stereocenters. The zero-order valence-electron chi connectivity index (χ0n) is 14.2. The summed E-state index contributed by atoms with van der Waals surface area (Å²) in [5.41, 5.74) is -0.318. The Morgan fingerprint density at radius 2 is 1.96 bits per heavy atom. The average molecular weight is 346 g/mol. The number of hydrogen-bond donors (Lipinski definition) is 0. The number of esters is 1. The van der Waals surface area contributed by atoms with E-state index in [-0.39, 0.29) is 47.3 Å². The van der Waals surface area contributed by atoms with Crippen molar-refractivity contribution in [1.29, 1.82) is 0 Å². The lowest BCUT2D eigenvalue weighted by molar-refractivity contribution is -0.147. The van der Waals surface area contributed by atoms with E-state index in [4.69, 9.17) is 4.74 Å². The molecule has 0 amide bonds. The third-order valence-electron chi connectivity index (χ3n) is 6.94. The number of rotatable bonds is 0. The van der Waals surface area contributed by atoms with Crippen LogP contribution < -0.4 is 0 Å². The minimum atomic E-state index is -0.664. The molecule has 1 saturated heterocycles. The van der Waals surface area contributed by atoms with Crippen molar-refractivity contribution in [2.75, 3.05) is 6.61 Å². The molecule has 1 aliphatic heterocycles. The van der Waals surface area contributed by atoms with Gasteiger partial charge in [-0.15, -0.1) is 0 Å². The number of halogens is 2. The Balaban J connectivity index is 1.91. The molecule has 0 spiro atoms. The Morgan fingerprint density at radius 1 is 1.20 bits per heavy atom. The maximum Gasteiger partial charge on any atom is 0.312 e. The molecule has 3 fully saturated rings. The monoisotopic (exact) mass is 346 g/mol. The summed E-state index contributed by atoms with van der Waals surface area (Å²) in [6.45, 7) is 4.06. The standard InChI is InChI=1S/C20H20F2O3/c1-19-5-3-11(23)7-15(19)12(8-21)13(9-22)17-14(19)4-6-20(2)16(17)10-25-18(20)24/h3,5,7-9,14,16-17H,4,6,10H2,1-2H3/t14-,16-,17+,19+,20-/m0/s1. The summed E-state index contributed by atoms with van der Waals surface area (Å²) >= 11 is 0. The molecule has 3 aliphatic carbocycles. The van der Waals surface area contributed by atoms with Gasteiger partial charge in [-0.1, -0.05) is 13.0 Å². The van der Waals surface area contributed by atoms with Gasteiger partial charge in [-0.25, -0.2) is 8.78 Å². The van der Waals surface area contributed by atoms with Crippen LogP contribution in [-0.4, -0.2) is 18.4 Å². The molecule has 25 heavy (non-hydrogen) atoms. The first-order valence-corrected chi connectivity index (χ1v) is 8.61. The highest BCUT2D eigenvalue weighted by Crippen LogP contribution is 2.64. The van der Waals surface area contributed by atoms with Crippen molar-refractivity contribution in [2.45, 2.75) is 26.7 Å². The first-order chi connectivity index (χ1) is 11.9. The molecule has 4 aliphatic rings. The fourth-order valence-electron chi connectivity index (χ4n) is 5.45. The quantitative estimate of drug-likeness (QED) is 0.623. The molecule has 132 valence electrons. The summed E-state index contributed by atoms with van der Waals surface area (Å²) in [6, 6.07) is 0. The van der Waals surface area contributed by atoms with Gasteiger partial charge in [-0.05, 0) is 54.9 Å². The third-order valence-corrected chi connectivity index (χ3v) is 6.94. The summed E-state index contributed by atoms with van der Waals surface area (Å²) in [4.78, 5) is 24.1.